The summed E-state index contributed by atoms with van der Waals surface area (Å²) >= 11 is 0. The predicted molar refractivity (Wildman–Crippen MR) is 92.5 cm³/mol. The molecule has 3 aromatic carbocycles. The van der Waals surface area contributed by atoms with Crippen LogP contribution in [0, 0.1) is 11.6 Å². The van der Waals surface area contributed by atoms with E-state index in [-0.39, 0.29) is 4.90 Å². The van der Waals surface area contributed by atoms with Crippen LogP contribution in [0.3, 0.4) is 0 Å². The number of fused-ring (bicyclic) bond motifs is 1. The van der Waals surface area contributed by atoms with Gasteiger partial charge in [-0.3, -0.25) is 9.10 Å². The largest absolute Gasteiger partial charge is 0.480 e. The molecule has 26 heavy (non-hydrogen) atoms. The molecule has 0 spiro atoms. The van der Waals surface area contributed by atoms with Gasteiger partial charge >= 0.3 is 5.97 Å². The van der Waals surface area contributed by atoms with E-state index in [4.69, 9.17) is 5.11 Å². The van der Waals surface area contributed by atoms with Crippen molar-refractivity contribution in [3.8, 4) is 0 Å². The Balaban J connectivity index is 2.15. The van der Waals surface area contributed by atoms with Crippen molar-refractivity contribution >= 4 is 32.5 Å². The third-order valence-corrected chi connectivity index (χ3v) is 5.52. The van der Waals surface area contributed by atoms with Gasteiger partial charge in [-0.25, -0.2) is 17.2 Å². The van der Waals surface area contributed by atoms with E-state index >= 15 is 0 Å². The topological polar surface area (TPSA) is 74.7 Å². The minimum absolute atomic E-state index is 0.193. The quantitative estimate of drug-likeness (QED) is 0.740. The van der Waals surface area contributed by atoms with Gasteiger partial charge in [-0.2, -0.15) is 0 Å². The summed E-state index contributed by atoms with van der Waals surface area (Å²) < 4.78 is 53.6. The molecule has 0 aliphatic rings. The Morgan fingerprint density at radius 2 is 1.65 bits per heavy atom. The van der Waals surface area contributed by atoms with Crippen LogP contribution in [-0.4, -0.2) is 26.0 Å². The monoisotopic (exact) mass is 377 g/mol. The van der Waals surface area contributed by atoms with Crippen LogP contribution in [0.5, 0.6) is 0 Å². The number of benzene rings is 3. The first-order valence-corrected chi connectivity index (χ1v) is 8.91. The van der Waals surface area contributed by atoms with E-state index in [0.717, 1.165) is 17.5 Å². The van der Waals surface area contributed by atoms with Gasteiger partial charge in [0.2, 0.25) is 0 Å². The Hall–Kier alpha value is -3.00. The summed E-state index contributed by atoms with van der Waals surface area (Å²) in [5.74, 6) is -3.54. The van der Waals surface area contributed by atoms with E-state index in [1.54, 1.807) is 30.3 Å². The standard InChI is InChI=1S/C18H13F2NO4S/c19-14-6-8-17(16(20)10-14)21(11-18(22)23)26(24,25)15-7-5-12-3-1-2-4-13(12)9-15/h1-10H,11H2,(H,22,23). The van der Waals surface area contributed by atoms with Crippen LogP contribution in [0.2, 0.25) is 0 Å². The molecular formula is C18H13F2NO4S. The summed E-state index contributed by atoms with van der Waals surface area (Å²) in [6.45, 7) is -1.00. The summed E-state index contributed by atoms with van der Waals surface area (Å²) in [6, 6.07) is 13.5. The van der Waals surface area contributed by atoms with Gasteiger partial charge in [-0.05, 0) is 35.0 Å². The zero-order valence-electron chi connectivity index (χ0n) is 13.3. The SMILES string of the molecule is O=C(O)CN(c1ccc(F)cc1F)S(=O)(=O)c1ccc2ccccc2c1. The van der Waals surface area contributed by atoms with Crippen LogP contribution in [-0.2, 0) is 14.8 Å². The van der Waals surface area contributed by atoms with Gasteiger partial charge in [0.05, 0.1) is 10.6 Å². The summed E-state index contributed by atoms with van der Waals surface area (Å²) in [7, 11) is -4.39. The van der Waals surface area contributed by atoms with E-state index in [2.05, 4.69) is 0 Å². The molecule has 5 nitrogen and oxygen atoms in total. The first-order chi connectivity index (χ1) is 12.3. The van der Waals surface area contributed by atoms with Crippen LogP contribution >= 0.6 is 0 Å². The van der Waals surface area contributed by atoms with Crippen molar-refractivity contribution in [2.75, 3.05) is 10.8 Å². The molecule has 0 aliphatic carbocycles. The number of rotatable bonds is 5. The van der Waals surface area contributed by atoms with Crippen molar-refractivity contribution < 1.29 is 27.1 Å². The molecule has 8 heteroatoms. The number of hydrogen-bond donors (Lipinski definition) is 1. The van der Waals surface area contributed by atoms with Crippen LogP contribution in [0.4, 0.5) is 14.5 Å². The zero-order valence-corrected chi connectivity index (χ0v) is 14.1. The van der Waals surface area contributed by atoms with Gasteiger partial charge < -0.3 is 5.11 Å². The molecule has 1 N–H and O–H groups in total. The molecule has 0 atom stereocenters. The second kappa shape index (κ2) is 6.72. The summed E-state index contributed by atoms with van der Waals surface area (Å²) in [4.78, 5) is 11.0. The Morgan fingerprint density at radius 3 is 2.31 bits per heavy atom. The molecule has 0 amide bonds. The maximum Gasteiger partial charge on any atom is 0.324 e. The van der Waals surface area contributed by atoms with Crippen LogP contribution in [0.1, 0.15) is 0 Å². The Bertz CT molecular complexity index is 1100. The fraction of sp³-hybridized carbons (Fsp3) is 0.0556. The molecule has 0 aromatic heterocycles. The Morgan fingerprint density at radius 1 is 0.962 bits per heavy atom. The number of carboxylic acid groups (broad SMARTS) is 1. The van der Waals surface area contributed by atoms with E-state index in [9.17, 15) is 22.0 Å². The average molecular weight is 377 g/mol. The van der Waals surface area contributed by atoms with Gasteiger partial charge in [-0.15, -0.1) is 0 Å². The van der Waals surface area contributed by atoms with Crippen molar-refractivity contribution in [2.24, 2.45) is 0 Å². The van der Waals surface area contributed by atoms with Gasteiger partial charge in [0.1, 0.15) is 18.2 Å². The minimum atomic E-state index is -4.39. The van der Waals surface area contributed by atoms with Crippen molar-refractivity contribution in [2.45, 2.75) is 4.90 Å². The van der Waals surface area contributed by atoms with Crippen LogP contribution in [0.15, 0.2) is 65.6 Å². The van der Waals surface area contributed by atoms with Gasteiger partial charge in [0.25, 0.3) is 10.0 Å². The summed E-state index contributed by atoms with van der Waals surface area (Å²) in [5.41, 5.74) is -0.540. The van der Waals surface area contributed by atoms with E-state index < -0.39 is 39.9 Å². The third-order valence-electron chi connectivity index (χ3n) is 3.77. The number of hydrogen-bond acceptors (Lipinski definition) is 3. The second-order valence-corrected chi connectivity index (χ2v) is 7.37. The number of nitrogens with zero attached hydrogens (tertiary/aromatic N) is 1. The van der Waals surface area contributed by atoms with Gasteiger partial charge in [-0.1, -0.05) is 30.3 Å². The van der Waals surface area contributed by atoms with Crippen LogP contribution < -0.4 is 4.31 Å². The van der Waals surface area contributed by atoms with Gasteiger partial charge in [0, 0.05) is 6.07 Å². The normalized spacial score (nSPS) is 11.5. The average Bonchev–Trinajstić information content (AvgIpc) is 2.59. The molecule has 0 unspecified atom stereocenters. The summed E-state index contributed by atoms with van der Waals surface area (Å²) in [5, 5.41) is 10.5. The number of halogens is 2. The van der Waals surface area contributed by atoms with Crippen molar-refractivity contribution in [1.82, 2.24) is 0 Å². The summed E-state index contributed by atoms with van der Waals surface area (Å²) in [6.07, 6.45) is 0. The number of anilines is 1. The Kier molecular flexibility index (Phi) is 4.60. The molecular weight excluding hydrogens is 364 g/mol. The highest BCUT2D eigenvalue weighted by molar-refractivity contribution is 7.92. The second-order valence-electron chi connectivity index (χ2n) is 5.51. The smallest absolute Gasteiger partial charge is 0.324 e. The zero-order chi connectivity index (χ0) is 18.9. The van der Waals surface area contributed by atoms with E-state index in [1.807, 2.05) is 0 Å². The predicted octanol–water partition coefficient (Wildman–Crippen LogP) is 3.40. The van der Waals surface area contributed by atoms with E-state index in [0.29, 0.717) is 15.8 Å². The van der Waals surface area contributed by atoms with Crippen molar-refractivity contribution in [3.63, 3.8) is 0 Å². The molecule has 0 fully saturated rings. The lowest BCUT2D eigenvalue weighted by Crippen LogP contribution is -2.36. The molecule has 0 aliphatic heterocycles. The molecule has 134 valence electrons. The van der Waals surface area contributed by atoms with E-state index in [1.165, 1.54) is 12.1 Å². The molecule has 0 saturated heterocycles. The Labute approximate surface area is 148 Å². The number of sulfonamides is 1. The lowest BCUT2D eigenvalue weighted by molar-refractivity contribution is -0.135. The molecule has 0 radical (unpaired) electrons. The van der Waals surface area contributed by atoms with Gasteiger partial charge in [0.15, 0.2) is 0 Å². The lowest BCUT2D eigenvalue weighted by Gasteiger charge is -2.23. The van der Waals surface area contributed by atoms with Crippen molar-refractivity contribution in [3.05, 3.63) is 72.3 Å². The maximum absolute atomic E-state index is 14.1. The highest BCUT2D eigenvalue weighted by Crippen LogP contribution is 2.28. The third kappa shape index (κ3) is 3.36. The fourth-order valence-corrected chi connectivity index (χ4v) is 4.02. The maximum atomic E-state index is 14.1. The number of carbonyl (C=O) groups is 1. The highest BCUT2D eigenvalue weighted by atomic mass is 32.2. The lowest BCUT2D eigenvalue weighted by atomic mass is 10.1. The molecule has 3 aromatic rings. The van der Waals surface area contributed by atoms with Crippen molar-refractivity contribution in [1.29, 1.82) is 0 Å². The molecule has 3 rings (SSSR count). The number of aliphatic carboxylic acids is 1. The fourth-order valence-electron chi connectivity index (χ4n) is 2.56. The molecule has 0 heterocycles. The first kappa shape index (κ1) is 17.8. The van der Waals surface area contributed by atoms with Crippen LogP contribution in [0.25, 0.3) is 10.8 Å². The first-order valence-electron chi connectivity index (χ1n) is 7.47. The highest BCUT2D eigenvalue weighted by Gasteiger charge is 2.29. The molecule has 0 saturated carbocycles. The molecule has 0 bridgehead atoms. The number of carboxylic acids is 1. The minimum Gasteiger partial charge on any atom is -0.480 e.